The number of carbonyl (C=O) groups excluding carboxylic acids is 1. The summed E-state index contributed by atoms with van der Waals surface area (Å²) in [5.41, 5.74) is 0.521. The second-order valence-electron chi connectivity index (χ2n) is 4.37. The SMILES string of the molecule is CCCCCCCOc1ccc(C(=O)CO)cc1. The molecule has 0 fully saturated rings. The lowest BCUT2D eigenvalue weighted by molar-refractivity contribution is 0.0903. The van der Waals surface area contributed by atoms with Crippen LogP contribution in [-0.2, 0) is 0 Å². The third kappa shape index (κ3) is 5.32. The first kappa shape index (κ1) is 14.7. The van der Waals surface area contributed by atoms with Crippen LogP contribution in [0.15, 0.2) is 24.3 Å². The topological polar surface area (TPSA) is 46.5 Å². The van der Waals surface area contributed by atoms with Gasteiger partial charge in [0.1, 0.15) is 12.4 Å². The molecule has 3 nitrogen and oxygen atoms in total. The molecule has 0 aliphatic carbocycles. The minimum atomic E-state index is -0.447. The van der Waals surface area contributed by atoms with Crippen molar-refractivity contribution < 1.29 is 14.6 Å². The average molecular weight is 250 g/mol. The van der Waals surface area contributed by atoms with Crippen molar-refractivity contribution in [3.8, 4) is 5.75 Å². The van der Waals surface area contributed by atoms with E-state index in [1.807, 2.05) is 0 Å². The number of unbranched alkanes of at least 4 members (excludes halogenated alkanes) is 4. The Morgan fingerprint density at radius 1 is 1.11 bits per heavy atom. The predicted octanol–water partition coefficient (Wildman–Crippen LogP) is 3.21. The van der Waals surface area contributed by atoms with Crippen LogP contribution < -0.4 is 4.74 Å². The molecule has 0 saturated heterocycles. The fraction of sp³-hybridized carbons (Fsp3) is 0.533. The van der Waals surface area contributed by atoms with Gasteiger partial charge in [-0.25, -0.2) is 0 Å². The summed E-state index contributed by atoms with van der Waals surface area (Å²) in [6, 6.07) is 6.92. The van der Waals surface area contributed by atoms with Gasteiger partial charge in [-0.2, -0.15) is 0 Å². The summed E-state index contributed by atoms with van der Waals surface area (Å²) in [5, 5.41) is 8.72. The lowest BCUT2D eigenvalue weighted by Gasteiger charge is -2.06. The Hall–Kier alpha value is -1.35. The zero-order valence-corrected chi connectivity index (χ0v) is 11.0. The van der Waals surface area contributed by atoms with Crippen LogP contribution in [0.3, 0.4) is 0 Å². The first-order chi connectivity index (χ1) is 8.77. The highest BCUT2D eigenvalue weighted by atomic mass is 16.5. The quantitative estimate of drug-likeness (QED) is 0.540. The number of ketones is 1. The number of aliphatic hydroxyl groups is 1. The van der Waals surface area contributed by atoms with Crippen molar-refractivity contribution in [1.82, 2.24) is 0 Å². The lowest BCUT2D eigenvalue weighted by atomic mass is 10.1. The van der Waals surface area contributed by atoms with Crippen LogP contribution in [0.4, 0.5) is 0 Å². The summed E-state index contributed by atoms with van der Waals surface area (Å²) in [6.07, 6.45) is 6.08. The van der Waals surface area contributed by atoms with Crippen LogP contribution in [0.1, 0.15) is 49.4 Å². The van der Waals surface area contributed by atoms with E-state index in [0.717, 1.165) is 18.8 Å². The number of carbonyl (C=O) groups is 1. The average Bonchev–Trinajstić information content (AvgIpc) is 2.42. The molecule has 0 radical (unpaired) electrons. The van der Waals surface area contributed by atoms with Gasteiger partial charge in [0.05, 0.1) is 6.61 Å². The molecule has 0 spiro atoms. The van der Waals surface area contributed by atoms with E-state index in [9.17, 15) is 4.79 Å². The molecule has 0 saturated carbocycles. The maximum Gasteiger partial charge on any atom is 0.188 e. The molecule has 0 amide bonds. The van der Waals surface area contributed by atoms with Gasteiger partial charge < -0.3 is 9.84 Å². The Morgan fingerprint density at radius 2 is 1.78 bits per heavy atom. The summed E-state index contributed by atoms with van der Waals surface area (Å²) in [4.78, 5) is 11.2. The van der Waals surface area contributed by atoms with Gasteiger partial charge in [-0.15, -0.1) is 0 Å². The molecule has 0 unspecified atom stereocenters. The molecule has 0 atom stereocenters. The van der Waals surface area contributed by atoms with Crippen LogP contribution >= 0.6 is 0 Å². The Bertz CT molecular complexity index is 343. The first-order valence-corrected chi connectivity index (χ1v) is 6.65. The second-order valence-corrected chi connectivity index (χ2v) is 4.37. The molecule has 100 valence electrons. The minimum Gasteiger partial charge on any atom is -0.494 e. The molecule has 0 bridgehead atoms. The Kier molecular flexibility index (Phi) is 7.11. The first-order valence-electron chi connectivity index (χ1n) is 6.65. The van der Waals surface area contributed by atoms with Gasteiger partial charge in [-0.1, -0.05) is 32.6 Å². The van der Waals surface area contributed by atoms with Crippen molar-refractivity contribution in [2.24, 2.45) is 0 Å². The maximum atomic E-state index is 11.2. The van der Waals surface area contributed by atoms with Gasteiger partial charge in [0.15, 0.2) is 5.78 Å². The van der Waals surface area contributed by atoms with Crippen LogP contribution in [0.5, 0.6) is 5.75 Å². The molecule has 1 aromatic carbocycles. The number of rotatable bonds is 9. The van der Waals surface area contributed by atoms with Gasteiger partial charge in [0.2, 0.25) is 0 Å². The summed E-state index contributed by atoms with van der Waals surface area (Å²) in [7, 11) is 0. The number of Topliss-reactive ketones (excluding diaryl/α,β-unsaturated/α-hetero) is 1. The predicted molar refractivity (Wildman–Crippen MR) is 72.1 cm³/mol. The maximum absolute atomic E-state index is 11.2. The largest absolute Gasteiger partial charge is 0.494 e. The van der Waals surface area contributed by atoms with E-state index in [2.05, 4.69) is 6.92 Å². The number of aliphatic hydroxyl groups excluding tert-OH is 1. The van der Waals surface area contributed by atoms with E-state index in [4.69, 9.17) is 9.84 Å². The highest BCUT2D eigenvalue weighted by molar-refractivity contribution is 5.96. The standard InChI is InChI=1S/C15H22O3/c1-2-3-4-5-6-11-18-14-9-7-13(8-10-14)15(17)12-16/h7-10,16H,2-6,11-12H2,1H3. The normalized spacial score (nSPS) is 10.3. The molecule has 18 heavy (non-hydrogen) atoms. The van der Waals surface area contributed by atoms with Crippen LogP contribution in [0.2, 0.25) is 0 Å². The Morgan fingerprint density at radius 3 is 2.39 bits per heavy atom. The number of hydrogen-bond acceptors (Lipinski definition) is 3. The Balaban J connectivity index is 2.25. The summed E-state index contributed by atoms with van der Waals surface area (Å²) < 4.78 is 5.58. The highest BCUT2D eigenvalue weighted by Crippen LogP contribution is 2.13. The molecule has 1 rings (SSSR count). The van der Waals surface area contributed by atoms with E-state index in [1.54, 1.807) is 24.3 Å². The van der Waals surface area contributed by atoms with Crippen molar-refractivity contribution in [2.45, 2.75) is 39.0 Å². The lowest BCUT2D eigenvalue weighted by Crippen LogP contribution is -2.04. The van der Waals surface area contributed by atoms with E-state index < -0.39 is 6.61 Å². The van der Waals surface area contributed by atoms with Crippen LogP contribution in [0.25, 0.3) is 0 Å². The third-order valence-corrected chi connectivity index (χ3v) is 2.84. The number of benzene rings is 1. The fourth-order valence-electron chi connectivity index (χ4n) is 1.72. The van der Waals surface area contributed by atoms with Gasteiger partial charge in [-0.3, -0.25) is 4.79 Å². The van der Waals surface area contributed by atoms with Crippen LogP contribution in [-0.4, -0.2) is 24.1 Å². The van der Waals surface area contributed by atoms with E-state index >= 15 is 0 Å². The molecular formula is C15H22O3. The summed E-state index contributed by atoms with van der Waals surface area (Å²) in [5.74, 6) is 0.515. The van der Waals surface area contributed by atoms with Gasteiger partial charge in [-0.05, 0) is 30.7 Å². The second kappa shape index (κ2) is 8.70. The Labute approximate surface area is 109 Å². The van der Waals surface area contributed by atoms with Crippen molar-refractivity contribution in [3.05, 3.63) is 29.8 Å². The molecule has 0 heterocycles. The molecule has 1 aromatic rings. The molecular weight excluding hydrogens is 228 g/mol. The van der Waals surface area contributed by atoms with E-state index in [1.165, 1.54) is 25.7 Å². The highest BCUT2D eigenvalue weighted by Gasteiger charge is 2.03. The number of hydrogen-bond donors (Lipinski definition) is 1. The van der Waals surface area contributed by atoms with Crippen molar-refractivity contribution in [1.29, 1.82) is 0 Å². The molecule has 0 aliphatic heterocycles. The van der Waals surface area contributed by atoms with Gasteiger partial charge >= 0.3 is 0 Å². The number of ether oxygens (including phenoxy) is 1. The molecule has 3 heteroatoms. The van der Waals surface area contributed by atoms with E-state index in [0.29, 0.717) is 5.56 Å². The zero-order chi connectivity index (χ0) is 13.2. The van der Waals surface area contributed by atoms with Crippen molar-refractivity contribution >= 4 is 5.78 Å². The monoisotopic (exact) mass is 250 g/mol. The molecule has 1 N–H and O–H groups in total. The summed E-state index contributed by atoms with van der Waals surface area (Å²) in [6.45, 7) is 2.47. The minimum absolute atomic E-state index is 0.263. The van der Waals surface area contributed by atoms with Gasteiger partial charge in [0.25, 0.3) is 0 Å². The third-order valence-electron chi connectivity index (χ3n) is 2.84. The fourth-order valence-corrected chi connectivity index (χ4v) is 1.72. The van der Waals surface area contributed by atoms with Crippen LogP contribution in [0, 0.1) is 0 Å². The molecule has 0 aromatic heterocycles. The van der Waals surface area contributed by atoms with E-state index in [-0.39, 0.29) is 5.78 Å². The summed E-state index contributed by atoms with van der Waals surface area (Å²) >= 11 is 0. The van der Waals surface area contributed by atoms with Crippen molar-refractivity contribution in [3.63, 3.8) is 0 Å². The van der Waals surface area contributed by atoms with Crippen molar-refractivity contribution in [2.75, 3.05) is 13.2 Å². The zero-order valence-electron chi connectivity index (χ0n) is 11.0. The smallest absolute Gasteiger partial charge is 0.188 e. The molecule has 0 aliphatic rings. The van der Waals surface area contributed by atoms with Gasteiger partial charge in [0, 0.05) is 5.56 Å².